The molecule has 1 aliphatic heterocycles. The van der Waals surface area contributed by atoms with Crippen molar-refractivity contribution in [2.24, 2.45) is 5.92 Å². The largest absolute Gasteiger partial charge is 0.483 e. The van der Waals surface area contributed by atoms with E-state index in [4.69, 9.17) is 14.4 Å². The first-order chi connectivity index (χ1) is 12.1. The topological polar surface area (TPSA) is 128 Å². The molecule has 0 spiro atoms. The number of fused-ring (bicyclic) bond motifs is 1. The number of hydrogen-bond acceptors (Lipinski definition) is 7. The Morgan fingerprint density at radius 1 is 1.44 bits per heavy atom. The summed E-state index contributed by atoms with van der Waals surface area (Å²) in [6.45, 7) is 2.95. The second-order valence-corrected chi connectivity index (χ2v) is 5.91. The van der Waals surface area contributed by atoms with Gasteiger partial charge < -0.3 is 24.6 Å². The van der Waals surface area contributed by atoms with E-state index in [1.807, 2.05) is 25.3 Å². The molecule has 9 heteroatoms. The number of carbonyl (C=O) groups is 1. The standard InChI is InChI=1S/C15H17N5O2.CH2O2/c1-9-4-11(22-19-9)5-10-6-20(7-13(10)21)15-12-2-3-16-14(12)17-8-18-15;2-1-3/h2-4,8,10,13,21H,5-7H2,1H3,(H,16,17,18);1H,(H,2,3)/t10-,13+;/m1./s1. The molecular weight excluding hydrogens is 326 g/mol. The first-order valence-corrected chi connectivity index (χ1v) is 7.83. The van der Waals surface area contributed by atoms with Crippen LogP contribution in [0, 0.1) is 12.8 Å². The zero-order valence-corrected chi connectivity index (χ0v) is 13.7. The summed E-state index contributed by atoms with van der Waals surface area (Å²) in [6, 6.07) is 3.88. The maximum Gasteiger partial charge on any atom is 0.290 e. The number of nitrogens with zero attached hydrogens (tertiary/aromatic N) is 4. The van der Waals surface area contributed by atoms with Crippen LogP contribution in [0.5, 0.6) is 0 Å². The van der Waals surface area contributed by atoms with Crippen LogP contribution in [-0.4, -0.2) is 56.0 Å². The van der Waals surface area contributed by atoms with Crippen molar-refractivity contribution < 1.29 is 19.5 Å². The molecule has 0 aliphatic carbocycles. The zero-order chi connectivity index (χ0) is 17.8. The van der Waals surface area contributed by atoms with Crippen LogP contribution in [-0.2, 0) is 11.2 Å². The molecule has 0 radical (unpaired) electrons. The fourth-order valence-electron chi connectivity index (χ4n) is 3.11. The number of nitrogens with one attached hydrogen (secondary N) is 1. The molecule has 1 fully saturated rings. The van der Waals surface area contributed by atoms with E-state index in [1.54, 1.807) is 6.33 Å². The van der Waals surface area contributed by atoms with Crippen LogP contribution in [0.1, 0.15) is 11.5 Å². The van der Waals surface area contributed by atoms with Crippen LogP contribution < -0.4 is 4.90 Å². The number of rotatable bonds is 3. The number of hydrogen-bond donors (Lipinski definition) is 3. The van der Waals surface area contributed by atoms with Crippen LogP contribution in [0.15, 0.2) is 29.2 Å². The number of β-amino-alcohol motifs (C(OH)–C–C–N with tert-alkyl or cyclic N) is 1. The van der Waals surface area contributed by atoms with Crippen molar-refractivity contribution in [3.63, 3.8) is 0 Å². The zero-order valence-electron chi connectivity index (χ0n) is 13.7. The molecule has 0 aromatic carbocycles. The highest BCUT2D eigenvalue weighted by molar-refractivity contribution is 5.87. The van der Waals surface area contributed by atoms with Gasteiger partial charge in [0.05, 0.1) is 17.2 Å². The van der Waals surface area contributed by atoms with Gasteiger partial charge in [-0.25, -0.2) is 9.97 Å². The van der Waals surface area contributed by atoms with Gasteiger partial charge >= 0.3 is 0 Å². The van der Waals surface area contributed by atoms with Gasteiger partial charge in [-0.2, -0.15) is 0 Å². The lowest BCUT2D eigenvalue weighted by Crippen LogP contribution is -2.22. The molecule has 9 nitrogen and oxygen atoms in total. The highest BCUT2D eigenvalue weighted by atomic mass is 16.5. The predicted octanol–water partition coefficient (Wildman–Crippen LogP) is 0.995. The second kappa shape index (κ2) is 7.31. The van der Waals surface area contributed by atoms with Crippen molar-refractivity contribution in [2.45, 2.75) is 19.4 Å². The van der Waals surface area contributed by atoms with Crippen LogP contribution in [0.2, 0.25) is 0 Å². The summed E-state index contributed by atoms with van der Waals surface area (Å²) < 4.78 is 5.26. The molecule has 0 amide bonds. The Morgan fingerprint density at radius 2 is 2.24 bits per heavy atom. The summed E-state index contributed by atoms with van der Waals surface area (Å²) in [5.74, 6) is 1.79. The van der Waals surface area contributed by atoms with E-state index in [9.17, 15) is 5.11 Å². The normalized spacial score (nSPS) is 19.7. The van der Waals surface area contributed by atoms with Gasteiger partial charge in [0.15, 0.2) is 0 Å². The third kappa shape index (κ3) is 3.61. The fourth-order valence-corrected chi connectivity index (χ4v) is 3.11. The van der Waals surface area contributed by atoms with Gasteiger partial charge in [0.25, 0.3) is 6.47 Å². The lowest BCUT2D eigenvalue weighted by atomic mass is 10.0. The molecule has 0 unspecified atom stereocenters. The summed E-state index contributed by atoms with van der Waals surface area (Å²) in [5, 5.41) is 22.1. The smallest absolute Gasteiger partial charge is 0.290 e. The fraction of sp³-hybridized carbons (Fsp3) is 0.375. The molecule has 3 aromatic heterocycles. The third-order valence-electron chi connectivity index (χ3n) is 4.18. The SMILES string of the molecule is Cc1cc(C[C@@H]2CN(c3ncnc4[nH]ccc34)C[C@@H]2O)on1.O=CO. The summed E-state index contributed by atoms with van der Waals surface area (Å²) >= 11 is 0. The van der Waals surface area contributed by atoms with E-state index < -0.39 is 6.10 Å². The van der Waals surface area contributed by atoms with Gasteiger partial charge in [-0.05, 0) is 13.0 Å². The molecule has 3 aromatic rings. The number of aliphatic hydroxyl groups is 1. The Balaban J connectivity index is 0.000000569. The molecule has 1 saturated heterocycles. The van der Waals surface area contributed by atoms with E-state index in [0.717, 1.165) is 34.9 Å². The minimum Gasteiger partial charge on any atom is -0.483 e. The summed E-state index contributed by atoms with van der Waals surface area (Å²) in [6.07, 6.45) is 3.67. The van der Waals surface area contributed by atoms with E-state index in [0.29, 0.717) is 13.0 Å². The van der Waals surface area contributed by atoms with Gasteiger partial charge in [-0.3, -0.25) is 4.79 Å². The van der Waals surface area contributed by atoms with E-state index >= 15 is 0 Å². The van der Waals surface area contributed by atoms with Crippen LogP contribution in [0.4, 0.5) is 5.82 Å². The predicted molar refractivity (Wildman–Crippen MR) is 89.2 cm³/mol. The molecule has 25 heavy (non-hydrogen) atoms. The Labute approximate surface area is 143 Å². The van der Waals surface area contributed by atoms with Gasteiger partial charge in [0.2, 0.25) is 0 Å². The van der Waals surface area contributed by atoms with E-state index in [1.165, 1.54) is 0 Å². The van der Waals surface area contributed by atoms with Crippen molar-refractivity contribution in [3.8, 4) is 0 Å². The number of aromatic nitrogens is 4. The molecular formula is C16H19N5O4. The first kappa shape index (κ1) is 16.9. The Bertz CT molecular complexity index is 846. The number of anilines is 1. The van der Waals surface area contributed by atoms with Crippen molar-refractivity contribution >= 4 is 23.3 Å². The number of aromatic amines is 1. The van der Waals surface area contributed by atoms with Crippen LogP contribution >= 0.6 is 0 Å². The second-order valence-electron chi connectivity index (χ2n) is 5.91. The van der Waals surface area contributed by atoms with Crippen molar-refractivity contribution in [3.05, 3.63) is 36.1 Å². The first-order valence-electron chi connectivity index (χ1n) is 7.83. The minimum absolute atomic E-state index is 0.108. The van der Waals surface area contributed by atoms with E-state index in [2.05, 4.69) is 25.0 Å². The van der Waals surface area contributed by atoms with Gasteiger partial charge in [-0.15, -0.1) is 0 Å². The summed E-state index contributed by atoms with van der Waals surface area (Å²) in [7, 11) is 0. The van der Waals surface area contributed by atoms with Crippen LogP contribution in [0.25, 0.3) is 11.0 Å². The molecule has 0 saturated carbocycles. The highest BCUT2D eigenvalue weighted by Crippen LogP contribution is 2.29. The third-order valence-corrected chi connectivity index (χ3v) is 4.18. The summed E-state index contributed by atoms with van der Waals surface area (Å²) in [4.78, 5) is 22.1. The number of aryl methyl sites for hydroxylation is 1. The molecule has 4 heterocycles. The lowest BCUT2D eigenvalue weighted by molar-refractivity contribution is -0.122. The van der Waals surface area contributed by atoms with E-state index in [-0.39, 0.29) is 12.4 Å². The minimum atomic E-state index is -0.408. The number of aliphatic hydroxyl groups excluding tert-OH is 1. The van der Waals surface area contributed by atoms with Gasteiger partial charge in [0.1, 0.15) is 23.6 Å². The Morgan fingerprint density at radius 3 is 2.96 bits per heavy atom. The molecule has 3 N–H and O–H groups in total. The summed E-state index contributed by atoms with van der Waals surface area (Å²) in [5.41, 5.74) is 1.68. The Kier molecular flexibility index (Phi) is 4.94. The average molecular weight is 345 g/mol. The Hall–Kier alpha value is -2.94. The lowest BCUT2D eigenvalue weighted by Gasteiger charge is -2.17. The maximum atomic E-state index is 10.4. The molecule has 2 atom stereocenters. The highest BCUT2D eigenvalue weighted by Gasteiger charge is 2.33. The molecule has 132 valence electrons. The van der Waals surface area contributed by atoms with Crippen LogP contribution in [0.3, 0.4) is 0 Å². The number of carboxylic acid groups (broad SMARTS) is 1. The molecule has 4 rings (SSSR count). The van der Waals surface area contributed by atoms with Gasteiger partial charge in [0, 0.05) is 37.7 Å². The van der Waals surface area contributed by atoms with Crippen molar-refractivity contribution in [1.29, 1.82) is 0 Å². The molecule has 0 bridgehead atoms. The van der Waals surface area contributed by atoms with Crippen molar-refractivity contribution in [1.82, 2.24) is 20.1 Å². The maximum absolute atomic E-state index is 10.4. The van der Waals surface area contributed by atoms with Gasteiger partial charge in [-0.1, -0.05) is 5.16 Å². The van der Waals surface area contributed by atoms with Crippen molar-refractivity contribution in [2.75, 3.05) is 18.0 Å². The quantitative estimate of drug-likeness (QED) is 0.600. The monoisotopic (exact) mass is 345 g/mol. The molecule has 1 aliphatic rings. The number of H-pyrrole nitrogens is 1. The average Bonchev–Trinajstić information content (AvgIpc) is 3.29.